The molecular weight excluding hydrogens is 349 g/mol. The molecule has 0 bridgehead atoms. The van der Waals surface area contributed by atoms with Crippen LogP contribution in [-0.2, 0) is 0 Å². The molecule has 0 aromatic carbocycles. The van der Waals surface area contributed by atoms with Gasteiger partial charge >= 0.3 is 149 Å². The number of piperidine rings is 2. The molecule has 22 heavy (non-hydrogen) atoms. The molecule has 0 radical (unpaired) electrons. The number of hydrogen-bond acceptors (Lipinski definition) is 2. The van der Waals surface area contributed by atoms with Crippen LogP contribution in [0.1, 0.15) is 93.9 Å². The summed E-state index contributed by atoms with van der Waals surface area (Å²) in [6.45, 7) is 19.3. The average Bonchev–Trinajstić information content (AvgIpc) is 2.22. The third-order valence-electron chi connectivity index (χ3n) is 6.19. The van der Waals surface area contributed by atoms with Gasteiger partial charge in [-0.3, -0.25) is 0 Å². The van der Waals surface area contributed by atoms with E-state index in [4.69, 9.17) is 9.64 Å². The van der Waals surface area contributed by atoms with E-state index in [1.165, 1.54) is 38.5 Å². The zero-order valence-corrected chi connectivity index (χ0v) is 19.3. The molecule has 2 heterocycles. The second-order valence-electron chi connectivity index (χ2n) is 10.0. The van der Waals surface area contributed by atoms with Gasteiger partial charge in [-0.2, -0.15) is 0 Å². The minimum absolute atomic E-state index is 0.234. The van der Waals surface area contributed by atoms with Crippen LogP contribution in [-0.4, -0.2) is 45.1 Å². The molecule has 0 atom stereocenters. The van der Waals surface area contributed by atoms with Crippen LogP contribution in [0.3, 0.4) is 0 Å². The van der Waals surface area contributed by atoms with E-state index in [9.17, 15) is 0 Å². The average molecular weight is 386 g/mol. The van der Waals surface area contributed by atoms with Crippen LogP contribution in [0.25, 0.3) is 0 Å². The number of halogens is 1. The Morgan fingerprint density at radius 3 is 1.05 bits per heavy atom. The van der Waals surface area contributed by atoms with Gasteiger partial charge in [-0.1, -0.05) is 0 Å². The van der Waals surface area contributed by atoms with E-state index in [0.717, 1.165) is 0 Å². The van der Waals surface area contributed by atoms with Crippen LogP contribution in [0, 0.1) is 0 Å². The van der Waals surface area contributed by atoms with Crippen molar-refractivity contribution in [1.29, 1.82) is 0 Å². The van der Waals surface area contributed by atoms with E-state index < -0.39 is 15.7 Å². The molecule has 2 fully saturated rings. The summed E-state index contributed by atoms with van der Waals surface area (Å²) >= 11 is -2.31. The summed E-state index contributed by atoms with van der Waals surface area (Å²) in [4.78, 5) is 0. The molecule has 2 saturated heterocycles. The van der Waals surface area contributed by atoms with Crippen molar-refractivity contribution < 1.29 is 0 Å². The normalized spacial score (nSPS) is 31.0. The topological polar surface area (TPSA) is 6.48 Å². The summed E-state index contributed by atoms with van der Waals surface area (Å²) in [6, 6.07) is 0. The molecule has 0 aliphatic carbocycles. The van der Waals surface area contributed by atoms with Gasteiger partial charge in [0.1, 0.15) is 0 Å². The fraction of sp³-hybridized carbons (Fsp3) is 1.00. The number of hydrogen-bond donors (Lipinski definition) is 0. The summed E-state index contributed by atoms with van der Waals surface area (Å²) in [5.74, 6) is 0. The first-order valence-corrected chi connectivity index (χ1v) is 14.4. The van der Waals surface area contributed by atoms with Crippen molar-refractivity contribution in [1.82, 2.24) is 7.21 Å². The van der Waals surface area contributed by atoms with Crippen molar-refractivity contribution in [2.45, 2.75) is 116 Å². The van der Waals surface area contributed by atoms with Crippen LogP contribution >= 0.6 is 9.64 Å². The summed E-state index contributed by atoms with van der Waals surface area (Å²) < 4.78 is 5.57. The van der Waals surface area contributed by atoms with E-state index in [1.54, 1.807) is 0 Å². The molecule has 0 aromatic heterocycles. The van der Waals surface area contributed by atoms with Crippen LogP contribution < -0.4 is 0 Å². The zero-order chi connectivity index (χ0) is 17.0. The van der Waals surface area contributed by atoms with Crippen LogP contribution in [0.15, 0.2) is 0 Å². The van der Waals surface area contributed by atoms with E-state index >= 15 is 0 Å². The summed E-state index contributed by atoms with van der Waals surface area (Å²) in [5.41, 5.74) is 0.936. The molecule has 0 aromatic rings. The van der Waals surface area contributed by atoms with Gasteiger partial charge in [-0.15, -0.1) is 0 Å². The predicted octanol–water partition coefficient (Wildman–Crippen LogP) is 5.30. The van der Waals surface area contributed by atoms with Crippen LogP contribution in [0.5, 0.6) is 0 Å². The molecule has 0 N–H and O–H groups in total. The quantitative estimate of drug-likeness (QED) is 0.595. The van der Waals surface area contributed by atoms with Gasteiger partial charge in [0.15, 0.2) is 0 Å². The SMILES string of the molecule is CC1(C)CCCC(C)(C)[N]1[Ga]([Cl])[N]1C(C)(C)CCCC1(C)C. The fourth-order valence-corrected chi connectivity index (χ4v) is 17.2. The fourth-order valence-electron chi connectivity index (χ4n) is 5.30. The van der Waals surface area contributed by atoms with Gasteiger partial charge in [0.05, 0.1) is 0 Å². The molecule has 2 aliphatic rings. The van der Waals surface area contributed by atoms with Gasteiger partial charge < -0.3 is 0 Å². The molecule has 2 rings (SSSR count). The van der Waals surface area contributed by atoms with E-state index in [-0.39, 0.29) is 22.2 Å². The van der Waals surface area contributed by atoms with Crippen molar-refractivity contribution in [2.75, 3.05) is 0 Å². The van der Waals surface area contributed by atoms with Gasteiger partial charge in [0.2, 0.25) is 0 Å². The van der Waals surface area contributed by atoms with E-state index in [2.05, 4.69) is 62.6 Å². The second-order valence-corrected chi connectivity index (χ2v) is 15.5. The Morgan fingerprint density at radius 1 is 0.591 bits per heavy atom. The van der Waals surface area contributed by atoms with Crippen LogP contribution in [0.2, 0.25) is 0 Å². The maximum atomic E-state index is 7.42. The molecule has 0 amide bonds. The van der Waals surface area contributed by atoms with E-state index in [0.29, 0.717) is 0 Å². The first kappa shape index (κ1) is 19.2. The standard InChI is InChI=1S/2C9H18N.ClH.Ga/c2*1-8(2)6-5-7-9(3,4)10-8;;/h2*5-7H2,1-4H3;1H;/q2*-1;;+3/p-1. The molecule has 4 heteroatoms. The molecule has 0 saturated carbocycles. The number of nitrogens with zero attached hydrogens (tertiary/aromatic N) is 2. The molecule has 2 nitrogen and oxygen atoms in total. The summed E-state index contributed by atoms with van der Waals surface area (Å²) in [7, 11) is 7.42. The van der Waals surface area contributed by atoms with Crippen molar-refractivity contribution in [2.24, 2.45) is 0 Å². The monoisotopic (exact) mass is 384 g/mol. The molecule has 0 spiro atoms. The van der Waals surface area contributed by atoms with Crippen LogP contribution in [0.4, 0.5) is 0 Å². The Bertz CT molecular complexity index is 347. The third-order valence-corrected chi connectivity index (χ3v) is 15.9. The van der Waals surface area contributed by atoms with Gasteiger partial charge in [-0.25, -0.2) is 0 Å². The minimum atomic E-state index is -2.31. The summed E-state index contributed by atoms with van der Waals surface area (Å²) in [5, 5.41) is 0. The van der Waals surface area contributed by atoms with E-state index in [1.807, 2.05) is 0 Å². The Morgan fingerprint density at radius 2 is 0.818 bits per heavy atom. The first-order chi connectivity index (χ1) is 9.81. The Hall–Kier alpha value is 0.846. The molecular formula is C18H36ClGaN2. The predicted molar refractivity (Wildman–Crippen MR) is 99.3 cm³/mol. The molecule has 0 unspecified atom stereocenters. The maximum absolute atomic E-state index is 7.42. The van der Waals surface area contributed by atoms with Crippen molar-refractivity contribution >= 4 is 25.3 Å². The number of rotatable bonds is 2. The Balaban J connectivity index is 2.40. The second kappa shape index (κ2) is 5.98. The van der Waals surface area contributed by atoms with Gasteiger partial charge in [-0.05, 0) is 0 Å². The van der Waals surface area contributed by atoms with Crippen molar-refractivity contribution in [3.05, 3.63) is 0 Å². The Kier molecular flexibility index (Phi) is 5.21. The van der Waals surface area contributed by atoms with Crippen molar-refractivity contribution in [3.8, 4) is 0 Å². The third kappa shape index (κ3) is 3.44. The molecule has 2 aliphatic heterocycles. The molecule has 128 valence electrons. The van der Waals surface area contributed by atoms with Gasteiger partial charge in [0, 0.05) is 0 Å². The zero-order valence-electron chi connectivity index (χ0n) is 16.1. The Labute approximate surface area is 148 Å². The summed E-state index contributed by atoms with van der Waals surface area (Å²) in [6.07, 6.45) is 7.77. The van der Waals surface area contributed by atoms with Gasteiger partial charge in [0.25, 0.3) is 0 Å². The van der Waals surface area contributed by atoms with Crippen molar-refractivity contribution in [3.63, 3.8) is 0 Å². The first-order valence-electron chi connectivity index (χ1n) is 9.04.